The molecule has 0 radical (unpaired) electrons. The molecule has 0 spiro atoms. The zero-order valence-electron chi connectivity index (χ0n) is 8.59. The number of nitro groups is 1. The Balaban J connectivity index is 2.26. The number of hydrogen-bond donors (Lipinski definition) is 0. The summed E-state index contributed by atoms with van der Waals surface area (Å²) >= 11 is 0. The summed E-state index contributed by atoms with van der Waals surface area (Å²) in [6.45, 7) is 0.489. The van der Waals surface area contributed by atoms with Crippen molar-refractivity contribution in [3.8, 4) is 5.75 Å². The molecule has 0 aromatic heterocycles. The second kappa shape index (κ2) is 4.30. The van der Waals surface area contributed by atoms with Crippen molar-refractivity contribution in [2.75, 3.05) is 6.61 Å². The van der Waals surface area contributed by atoms with Crippen LogP contribution < -0.4 is 4.74 Å². The normalized spacial score (nSPS) is 14.5. The lowest BCUT2D eigenvalue weighted by molar-refractivity contribution is -0.386. The SMILES string of the molecule is O=Cc1cccc(OCC2CC2)c1[N+](=O)[O-]. The van der Waals surface area contributed by atoms with Crippen molar-refractivity contribution in [1.29, 1.82) is 0 Å². The maximum absolute atomic E-state index is 10.8. The summed E-state index contributed by atoms with van der Waals surface area (Å²) in [6.07, 6.45) is 2.70. The fourth-order valence-electron chi connectivity index (χ4n) is 1.44. The summed E-state index contributed by atoms with van der Waals surface area (Å²) in [5.41, 5.74) is -0.184. The molecule has 1 aliphatic rings. The number of benzene rings is 1. The van der Waals surface area contributed by atoms with Gasteiger partial charge in [-0.05, 0) is 30.9 Å². The second-order valence-corrected chi connectivity index (χ2v) is 3.82. The Kier molecular flexibility index (Phi) is 2.85. The molecule has 0 amide bonds. The lowest BCUT2D eigenvalue weighted by atomic mass is 10.2. The second-order valence-electron chi connectivity index (χ2n) is 3.82. The molecule has 1 fully saturated rings. The molecule has 0 aliphatic heterocycles. The number of rotatable bonds is 5. The van der Waals surface area contributed by atoms with Gasteiger partial charge in [-0.2, -0.15) is 0 Å². The molecule has 0 atom stereocenters. The predicted molar refractivity (Wildman–Crippen MR) is 56.7 cm³/mol. The van der Waals surface area contributed by atoms with E-state index in [0.717, 1.165) is 12.8 Å². The predicted octanol–water partition coefficient (Wildman–Crippen LogP) is 2.20. The van der Waals surface area contributed by atoms with E-state index < -0.39 is 4.92 Å². The number of ether oxygens (including phenoxy) is 1. The van der Waals surface area contributed by atoms with Crippen LogP contribution in [-0.2, 0) is 0 Å². The van der Waals surface area contributed by atoms with Crippen molar-refractivity contribution in [3.05, 3.63) is 33.9 Å². The smallest absolute Gasteiger partial charge is 0.321 e. The van der Waals surface area contributed by atoms with Gasteiger partial charge in [0.15, 0.2) is 12.0 Å². The number of para-hydroxylation sites is 1. The van der Waals surface area contributed by atoms with Crippen LogP contribution in [0.4, 0.5) is 5.69 Å². The summed E-state index contributed by atoms with van der Waals surface area (Å²) in [7, 11) is 0. The van der Waals surface area contributed by atoms with Gasteiger partial charge in [0.2, 0.25) is 0 Å². The highest BCUT2D eigenvalue weighted by Gasteiger charge is 2.25. The maximum atomic E-state index is 10.8. The van der Waals surface area contributed by atoms with Crippen molar-refractivity contribution >= 4 is 12.0 Å². The van der Waals surface area contributed by atoms with Crippen LogP contribution in [0.3, 0.4) is 0 Å². The lowest BCUT2D eigenvalue weighted by Gasteiger charge is -2.06. The van der Waals surface area contributed by atoms with Gasteiger partial charge in [0.1, 0.15) is 0 Å². The monoisotopic (exact) mass is 221 g/mol. The number of nitro benzene ring substituents is 1. The van der Waals surface area contributed by atoms with Crippen molar-refractivity contribution < 1.29 is 14.5 Å². The van der Waals surface area contributed by atoms with Crippen LogP contribution in [0.15, 0.2) is 18.2 Å². The summed E-state index contributed by atoms with van der Waals surface area (Å²) < 4.78 is 5.36. The molecule has 5 heteroatoms. The van der Waals surface area contributed by atoms with Crippen LogP contribution >= 0.6 is 0 Å². The standard InChI is InChI=1S/C11H11NO4/c13-6-9-2-1-3-10(11(9)12(14)15)16-7-8-4-5-8/h1-3,6,8H,4-5,7H2. The Morgan fingerprint density at radius 1 is 1.50 bits per heavy atom. The molecule has 1 aromatic carbocycles. The van der Waals surface area contributed by atoms with Gasteiger partial charge in [0.25, 0.3) is 0 Å². The van der Waals surface area contributed by atoms with E-state index in [4.69, 9.17) is 4.74 Å². The molecule has 0 bridgehead atoms. The highest BCUT2D eigenvalue weighted by Crippen LogP contribution is 2.33. The minimum Gasteiger partial charge on any atom is -0.487 e. The highest BCUT2D eigenvalue weighted by molar-refractivity contribution is 5.83. The highest BCUT2D eigenvalue weighted by atomic mass is 16.6. The van der Waals surface area contributed by atoms with Crippen molar-refractivity contribution in [2.45, 2.75) is 12.8 Å². The van der Waals surface area contributed by atoms with E-state index in [0.29, 0.717) is 18.8 Å². The topological polar surface area (TPSA) is 69.4 Å². The summed E-state index contributed by atoms with van der Waals surface area (Å²) in [6, 6.07) is 4.52. The van der Waals surface area contributed by atoms with Gasteiger partial charge in [-0.3, -0.25) is 14.9 Å². The third-order valence-corrected chi connectivity index (χ3v) is 2.51. The minimum atomic E-state index is -0.577. The lowest BCUT2D eigenvalue weighted by Crippen LogP contribution is -2.03. The first-order chi connectivity index (χ1) is 7.72. The summed E-state index contributed by atoms with van der Waals surface area (Å²) in [5, 5.41) is 10.8. The molecular formula is C11H11NO4. The fourth-order valence-corrected chi connectivity index (χ4v) is 1.44. The van der Waals surface area contributed by atoms with Crippen LogP contribution in [0.5, 0.6) is 5.75 Å². The van der Waals surface area contributed by atoms with Crippen molar-refractivity contribution in [1.82, 2.24) is 0 Å². The van der Waals surface area contributed by atoms with Gasteiger partial charge >= 0.3 is 5.69 Å². The maximum Gasteiger partial charge on any atom is 0.321 e. The molecule has 16 heavy (non-hydrogen) atoms. The number of carbonyl (C=O) groups is 1. The summed E-state index contributed by atoms with van der Waals surface area (Å²) in [5.74, 6) is 0.695. The van der Waals surface area contributed by atoms with Gasteiger partial charge < -0.3 is 4.74 Å². The Bertz CT molecular complexity index is 426. The minimum absolute atomic E-state index is 0.0540. The van der Waals surface area contributed by atoms with Crippen LogP contribution in [0.1, 0.15) is 23.2 Å². The van der Waals surface area contributed by atoms with E-state index in [1.165, 1.54) is 12.1 Å². The van der Waals surface area contributed by atoms with Gasteiger partial charge in [-0.25, -0.2) is 0 Å². The van der Waals surface area contributed by atoms with Crippen molar-refractivity contribution in [2.24, 2.45) is 5.92 Å². The number of nitrogens with zero attached hydrogens (tertiary/aromatic N) is 1. The molecule has 0 saturated heterocycles. The van der Waals surface area contributed by atoms with Crippen LogP contribution in [-0.4, -0.2) is 17.8 Å². The molecule has 1 aliphatic carbocycles. The van der Waals surface area contributed by atoms with E-state index in [-0.39, 0.29) is 17.0 Å². The van der Waals surface area contributed by atoms with Gasteiger partial charge in [-0.15, -0.1) is 0 Å². The first kappa shape index (κ1) is 10.6. The molecule has 0 heterocycles. The average Bonchev–Trinajstić information content (AvgIpc) is 3.09. The Morgan fingerprint density at radius 3 is 2.81 bits per heavy atom. The van der Waals surface area contributed by atoms with E-state index in [1.54, 1.807) is 6.07 Å². The molecule has 0 N–H and O–H groups in total. The number of carbonyl (C=O) groups excluding carboxylic acids is 1. The summed E-state index contributed by atoms with van der Waals surface area (Å²) in [4.78, 5) is 20.9. The molecule has 0 unspecified atom stereocenters. The third kappa shape index (κ3) is 2.18. The fraction of sp³-hybridized carbons (Fsp3) is 0.364. The Hall–Kier alpha value is -1.91. The first-order valence-corrected chi connectivity index (χ1v) is 5.07. The quantitative estimate of drug-likeness (QED) is 0.434. The molecule has 84 valence electrons. The largest absolute Gasteiger partial charge is 0.487 e. The average molecular weight is 221 g/mol. The molecule has 5 nitrogen and oxygen atoms in total. The van der Waals surface area contributed by atoms with Crippen molar-refractivity contribution in [3.63, 3.8) is 0 Å². The molecular weight excluding hydrogens is 210 g/mol. The zero-order chi connectivity index (χ0) is 11.5. The Morgan fingerprint density at radius 2 is 2.25 bits per heavy atom. The molecule has 1 aromatic rings. The van der Waals surface area contributed by atoms with Crippen LogP contribution in [0.25, 0.3) is 0 Å². The third-order valence-electron chi connectivity index (χ3n) is 2.51. The van der Waals surface area contributed by atoms with Gasteiger partial charge in [0.05, 0.1) is 17.1 Å². The first-order valence-electron chi connectivity index (χ1n) is 5.07. The van der Waals surface area contributed by atoms with E-state index >= 15 is 0 Å². The van der Waals surface area contributed by atoms with Gasteiger partial charge in [0, 0.05) is 0 Å². The number of aldehydes is 1. The number of hydrogen-bond acceptors (Lipinski definition) is 4. The van der Waals surface area contributed by atoms with Crippen LogP contribution in [0, 0.1) is 16.0 Å². The molecule has 1 saturated carbocycles. The van der Waals surface area contributed by atoms with Crippen LogP contribution in [0.2, 0.25) is 0 Å². The van der Waals surface area contributed by atoms with E-state index in [9.17, 15) is 14.9 Å². The van der Waals surface area contributed by atoms with E-state index in [2.05, 4.69) is 0 Å². The van der Waals surface area contributed by atoms with E-state index in [1.807, 2.05) is 0 Å². The van der Waals surface area contributed by atoms with Gasteiger partial charge in [-0.1, -0.05) is 6.07 Å². The zero-order valence-corrected chi connectivity index (χ0v) is 8.59. The molecule has 2 rings (SSSR count). The Labute approximate surface area is 92.2 Å².